The number of nitrogens with zero attached hydrogens (tertiary/aromatic N) is 3. The third-order valence-corrected chi connectivity index (χ3v) is 5.75. The van der Waals surface area contributed by atoms with Gasteiger partial charge >= 0.3 is 0 Å². The van der Waals surface area contributed by atoms with Gasteiger partial charge in [0.15, 0.2) is 5.82 Å². The van der Waals surface area contributed by atoms with E-state index < -0.39 is 11.0 Å². The molecule has 2 aromatic rings. The fourth-order valence-electron chi connectivity index (χ4n) is 1.71. The molecule has 0 aliphatic heterocycles. The predicted molar refractivity (Wildman–Crippen MR) is 87.3 cm³/mol. The van der Waals surface area contributed by atoms with Crippen LogP contribution in [0.4, 0.5) is 0 Å². The lowest BCUT2D eigenvalue weighted by molar-refractivity contribution is 0.636. The molecule has 1 N–H and O–H groups in total. The second kappa shape index (κ2) is 7.20. The first-order valence-corrected chi connectivity index (χ1v) is 8.93. The maximum absolute atomic E-state index is 12.0. The molecule has 0 saturated carbocycles. The molecular weight excluding hydrogens is 304 g/mol. The van der Waals surface area contributed by atoms with Gasteiger partial charge in [0.05, 0.1) is 17.0 Å². The van der Waals surface area contributed by atoms with Crippen LogP contribution < -0.4 is 4.72 Å². The Labute approximate surface area is 132 Å². The minimum atomic E-state index is -1.06. The molecule has 2 aromatic heterocycles. The number of aromatic nitrogens is 3. The first kappa shape index (κ1) is 16.2. The molecular formula is C14H20N4OS2. The van der Waals surface area contributed by atoms with Crippen LogP contribution in [0.15, 0.2) is 18.3 Å². The van der Waals surface area contributed by atoms with E-state index in [2.05, 4.69) is 19.1 Å². The van der Waals surface area contributed by atoms with Crippen LogP contribution in [0.3, 0.4) is 0 Å². The second-order valence-electron chi connectivity index (χ2n) is 5.00. The third-order valence-electron chi connectivity index (χ3n) is 3.20. The van der Waals surface area contributed by atoms with Crippen molar-refractivity contribution in [2.45, 2.75) is 45.4 Å². The molecule has 0 aliphatic rings. The van der Waals surface area contributed by atoms with E-state index in [0.29, 0.717) is 5.82 Å². The van der Waals surface area contributed by atoms with Gasteiger partial charge in [0.1, 0.15) is 5.01 Å². The Morgan fingerprint density at radius 2 is 2.19 bits per heavy atom. The zero-order chi connectivity index (χ0) is 15.4. The Morgan fingerprint density at radius 3 is 2.86 bits per heavy atom. The van der Waals surface area contributed by atoms with Crippen molar-refractivity contribution >= 4 is 22.5 Å². The number of hydrogen-bond donors (Lipinski definition) is 1. The Bertz CT molecular complexity index is 629. The van der Waals surface area contributed by atoms with Gasteiger partial charge in [-0.2, -0.15) is 4.37 Å². The maximum atomic E-state index is 12.0. The normalized spacial score (nSPS) is 15.6. The standard InChI is InChI=1S/C14H20N4OS2/c1-5-10(3)21(19)18-11(4)14-16-13(17-20-14)12-6-7-15-9(2)8-12/h6-8,10-11,18H,5H2,1-4H3. The SMILES string of the molecule is CCC(C)S(=O)NC(C)c1nc(-c2ccnc(C)c2)ns1. The maximum Gasteiger partial charge on any atom is 0.173 e. The summed E-state index contributed by atoms with van der Waals surface area (Å²) < 4.78 is 19.5. The van der Waals surface area contributed by atoms with Gasteiger partial charge in [-0.15, -0.1) is 0 Å². The molecule has 7 heteroatoms. The highest BCUT2D eigenvalue weighted by Gasteiger charge is 2.17. The fourth-order valence-corrected chi connectivity index (χ4v) is 3.45. The first-order chi connectivity index (χ1) is 10.0. The highest BCUT2D eigenvalue weighted by atomic mass is 32.2. The van der Waals surface area contributed by atoms with E-state index in [1.165, 1.54) is 11.5 Å². The summed E-state index contributed by atoms with van der Waals surface area (Å²) >= 11 is 1.34. The van der Waals surface area contributed by atoms with E-state index in [1.54, 1.807) is 6.20 Å². The minimum absolute atomic E-state index is 0.0750. The minimum Gasteiger partial charge on any atom is -0.262 e. The van der Waals surface area contributed by atoms with Crippen molar-refractivity contribution in [1.82, 2.24) is 19.1 Å². The van der Waals surface area contributed by atoms with Crippen molar-refractivity contribution in [2.24, 2.45) is 0 Å². The Kier molecular flexibility index (Phi) is 5.55. The Hall–Kier alpha value is -1.18. The molecule has 0 spiro atoms. The summed E-state index contributed by atoms with van der Waals surface area (Å²) in [6, 6.07) is 3.78. The van der Waals surface area contributed by atoms with Crippen LogP contribution in [0.5, 0.6) is 0 Å². The van der Waals surface area contributed by atoms with Gasteiger partial charge in [-0.1, -0.05) is 6.92 Å². The summed E-state index contributed by atoms with van der Waals surface area (Å²) in [5, 5.41) is 0.971. The van der Waals surface area contributed by atoms with Crippen molar-refractivity contribution < 1.29 is 4.21 Å². The van der Waals surface area contributed by atoms with Crippen LogP contribution >= 0.6 is 11.5 Å². The summed E-state index contributed by atoms with van der Waals surface area (Å²) in [5.41, 5.74) is 1.90. The van der Waals surface area contributed by atoms with Crippen LogP contribution in [0.1, 0.15) is 43.9 Å². The summed E-state index contributed by atoms with van der Waals surface area (Å²) in [6.07, 6.45) is 2.63. The summed E-state index contributed by atoms with van der Waals surface area (Å²) in [6.45, 7) is 7.91. The Balaban J connectivity index is 2.11. The predicted octanol–water partition coefficient (Wildman–Crippen LogP) is 3.02. The van der Waals surface area contributed by atoms with Gasteiger partial charge < -0.3 is 0 Å². The van der Waals surface area contributed by atoms with Crippen molar-refractivity contribution in [2.75, 3.05) is 0 Å². The van der Waals surface area contributed by atoms with Crippen LogP contribution in [0.2, 0.25) is 0 Å². The summed E-state index contributed by atoms with van der Waals surface area (Å²) in [5.74, 6) is 0.698. The van der Waals surface area contributed by atoms with Gasteiger partial charge in [0.2, 0.25) is 0 Å². The summed E-state index contributed by atoms with van der Waals surface area (Å²) in [4.78, 5) is 8.71. The third kappa shape index (κ3) is 4.15. The van der Waals surface area contributed by atoms with Crippen molar-refractivity contribution in [3.63, 3.8) is 0 Å². The van der Waals surface area contributed by atoms with Gasteiger partial charge in [-0.3, -0.25) is 4.98 Å². The molecule has 5 nitrogen and oxygen atoms in total. The van der Waals surface area contributed by atoms with Gasteiger partial charge in [0, 0.05) is 22.7 Å². The smallest absolute Gasteiger partial charge is 0.173 e. The van der Waals surface area contributed by atoms with Crippen molar-refractivity contribution in [3.8, 4) is 11.4 Å². The zero-order valence-electron chi connectivity index (χ0n) is 12.7. The largest absolute Gasteiger partial charge is 0.262 e. The van der Waals surface area contributed by atoms with Crippen LogP contribution in [0.25, 0.3) is 11.4 Å². The van der Waals surface area contributed by atoms with E-state index >= 15 is 0 Å². The molecule has 0 amide bonds. The molecule has 3 unspecified atom stereocenters. The van der Waals surface area contributed by atoms with Gasteiger partial charge in [-0.25, -0.2) is 13.9 Å². The number of pyridine rings is 1. The molecule has 0 aromatic carbocycles. The molecule has 3 atom stereocenters. The molecule has 114 valence electrons. The Morgan fingerprint density at radius 1 is 1.43 bits per heavy atom. The van der Waals surface area contributed by atoms with Gasteiger partial charge in [0.25, 0.3) is 0 Å². The van der Waals surface area contributed by atoms with Crippen LogP contribution in [0, 0.1) is 6.92 Å². The fraction of sp³-hybridized carbons (Fsp3) is 0.500. The lowest BCUT2D eigenvalue weighted by Gasteiger charge is -2.13. The average Bonchev–Trinajstić information content (AvgIpc) is 2.96. The molecule has 0 saturated heterocycles. The monoisotopic (exact) mass is 324 g/mol. The molecule has 0 radical (unpaired) electrons. The number of rotatable bonds is 6. The number of aryl methyl sites for hydroxylation is 1. The zero-order valence-corrected chi connectivity index (χ0v) is 14.3. The van der Waals surface area contributed by atoms with E-state index in [4.69, 9.17) is 0 Å². The lowest BCUT2D eigenvalue weighted by atomic mass is 10.2. The van der Waals surface area contributed by atoms with Gasteiger partial charge in [-0.05, 0) is 50.9 Å². The molecule has 2 rings (SSSR count). The lowest BCUT2D eigenvalue weighted by Crippen LogP contribution is -2.28. The average molecular weight is 324 g/mol. The highest BCUT2D eigenvalue weighted by Crippen LogP contribution is 2.22. The topological polar surface area (TPSA) is 67.8 Å². The van der Waals surface area contributed by atoms with Crippen LogP contribution in [-0.2, 0) is 11.0 Å². The molecule has 0 bridgehead atoms. The van der Waals surface area contributed by atoms with E-state index in [0.717, 1.165) is 22.7 Å². The summed E-state index contributed by atoms with van der Waals surface area (Å²) in [7, 11) is -1.06. The highest BCUT2D eigenvalue weighted by molar-refractivity contribution is 7.83. The first-order valence-electron chi connectivity index (χ1n) is 6.94. The number of hydrogen-bond acceptors (Lipinski definition) is 5. The number of nitrogens with one attached hydrogen (secondary N) is 1. The molecule has 0 aliphatic carbocycles. The molecule has 21 heavy (non-hydrogen) atoms. The quantitative estimate of drug-likeness (QED) is 0.887. The molecule has 0 fully saturated rings. The van der Waals surface area contributed by atoms with Crippen LogP contribution in [-0.4, -0.2) is 23.8 Å². The van der Waals surface area contributed by atoms with E-state index in [-0.39, 0.29) is 11.3 Å². The molecule has 2 heterocycles. The van der Waals surface area contributed by atoms with E-state index in [9.17, 15) is 4.21 Å². The van der Waals surface area contributed by atoms with Crippen molar-refractivity contribution in [3.05, 3.63) is 29.0 Å². The van der Waals surface area contributed by atoms with E-state index in [1.807, 2.05) is 39.8 Å². The second-order valence-corrected chi connectivity index (χ2v) is 7.42. The van der Waals surface area contributed by atoms with Crippen molar-refractivity contribution in [1.29, 1.82) is 0 Å².